The average Bonchev–Trinajstić information content (AvgIpc) is 3.00. The van der Waals surface area contributed by atoms with Gasteiger partial charge in [0.25, 0.3) is 0 Å². The van der Waals surface area contributed by atoms with Crippen LogP contribution in [0.15, 0.2) is 34.9 Å². The largest absolute Gasteiger partial charge is 0.356 e. The number of rotatable bonds is 2. The Hall–Kier alpha value is -1.20. The van der Waals surface area contributed by atoms with Crippen molar-refractivity contribution in [3.05, 3.63) is 34.9 Å². The molecule has 1 aromatic carbocycles. The normalized spacial score (nSPS) is 19.7. The highest BCUT2D eigenvalue weighted by Gasteiger charge is 2.19. The second-order valence-corrected chi connectivity index (χ2v) is 4.98. The quantitative estimate of drug-likeness (QED) is 0.854. The van der Waals surface area contributed by atoms with E-state index in [2.05, 4.69) is 26.2 Å². The molecular weight excluding hydrogens is 282 g/mol. The SMILES string of the molecule is Brc1cccc(-c2cn([C@H]3CCCO3)nn2)c1. The van der Waals surface area contributed by atoms with Gasteiger partial charge in [0.15, 0.2) is 6.23 Å². The molecule has 0 saturated carbocycles. The van der Waals surface area contributed by atoms with Gasteiger partial charge in [-0.15, -0.1) is 5.10 Å². The molecule has 0 spiro atoms. The summed E-state index contributed by atoms with van der Waals surface area (Å²) in [6, 6.07) is 8.04. The lowest BCUT2D eigenvalue weighted by Crippen LogP contribution is -2.07. The van der Waals surface area contributed by atoms with E-state index in [0.717, 1.165) is 35.2 Å². The van der Waals surface area contributed by atoms with Gasteiger partial charge in [-0.05, 0) is 25.0 Å². The van der Waals surface area contributed by atoms with E-state index in [1.165, 1.54) is 0 Å². The fourth-order valence-corrected chi connectivity index (χ4v) is 2.37. The topological polar surface area (TPSA) is 39.9 Å². The molecule has 2 heterocycles. The molecule has 3 rings (SSSR count). The summed E-state index contributed by atoms with van der Waals surface area (Å²) in [5.74, 6) is 0. The number of nitrogens with zero attached hydrogens (tertiary/aromatic N) is 3. The summed E-state index contributed by atoms with van der Waals surface area (Å²) in [5, 5.41) is 8.31. The molecule has 0 N–H and O–H groups in total. The third-order valence-electron chi connectivity index (χ3n) is 2.83. The van der Waals surface area contributed by atoms with Gasteiger partial charge in [0.1, 0.15) is 5.69 Å². The lowest BCUT2D eigenvalue weighted by atomic mass is 10.2. The van der Waals surface area contributed by atoms with Crippen LogP contribution in [0, 0.1) is 0 Å². The maximum atomic E-state index is 5.56. The molecule has 1 fully saturated rings. The molecule has 0 unspecified atom stereocenters. The van der Waals surface area contributed by atoms with Gasteiger partial charge in [0.05, 0.1) is 6.20 Å². The molecule has 0 bridgehead atoms. The van der Waals surface area contributed by atoms with Gasteiger partial charge in [-0.1, -0.05) is 33.3 Å². The van der Waals surface area contributed by atoms with Gasteiger partial charge in [-0.2, -0.15) is 0 Å². The minimum Gasteiger partial charge on any atom is -0.356 e. The first kappa shape index (κ1) is 10.9. The predicted octanol–water partition coefficient (Wildman–Crippen LogP) is 3.02. The van der Waals surface area contributed by atoms with Crippen LogP contribution in [0.3, 0.4) is 0 Å². The van der Waals surface area contributed by atoms with Crippen molar-refractivity contribution in [1.82, 2.24) is 15.0 Å². The van der Waals surface area contributed by atoms with Gasteiger partial charge in [-0.3, -0.25) is 0 Å². The maximum Gasteiger partial charge on any atom is 0.152 e. The number of benzene rings is 1. The lowest BCUT2D eigenvalue weighted by molar-refractivity contribution is 0.0453. The van der Waals surface area contributed by atoms with Crippen LogP contribution < -0.4 is 0 Å². The molecule has 2 aromatic rings. The Bertz CT molecular complexity index is 520. The first-order chi connectivity index (χ1) is 8.33. The molecule has 0 amide bonds. The third kappa shape index (κ3) is 2.25. The molecule has 5 heteroatoms. The highest BCUT2D eigenvalue weighted by atomic mass is 79.9. The van der Waals surface area contributed by atoms with Crippen molar-refractivity contribution >= 4 is 15.9 Å². The van der Waals surface area contributed by atoms with Crippen molar-refractivity contribution in [2.24, 2.45) is 0 Å². The average molecular weight is 294 g/mol. The Labute approximate surface area is 108 Å². The number of halogens is 1. The zero-order valence-corrected chi connectivity index (χ0v) is 10.8. The number of hydrogen-bond acceptors (Lipinski definition) is 3. The monoisotopic (exact) mass is 293 g/mol. The number of aromatic nitrogens is 3. The molecule has 0 aliphatic carbocycles. The second-order valence-electron chi connectivity index (χ2n) is 4.06. The van der Waals surface area contributed by atoms with Crippen LogP contribution in [0.5, 0.6) is 0 Å². The van der Waals surface area contributed by atoms with E-state index < -0.39 is 0 Å². The van der Waals surface area contributed by atoms with Crippen molar-refractivity contribution in [3.8, 4) is 11.3 Å². The van der Waals surface area contributed by atoms with E-state index in [1.807, 2.05) is 35.1 Å². The summed E-state index contributed by atoms with van der Waals surface area (Å²) in [7, 11) is 0. The first-order valence-electron chi connectivity index (χ1n) is 5.62. The summed E-state index contributed by atoms with van der Waals surface area (Å²) in [6.45, 7) is 0.816. The van der Waals surface area contributed by atoms with Crippen LogP contribution in [0.25, 0.3) is 11.3 Å². The fourth-order valence-electron chi connectivity index (χ4n) is 1.97. The Balaban J connectivity index is 1.89. The van der Waals surface area contributed by atoms with Crippen LogP contribution in [0.1, 0.15) is 19.1 Å². The smallest absolute Gasteiger partial charge is 0.152 e. The highest BCUT2D eigenvalue weighted by molar-refractivity contribution is 9.10. The molecule has 88 valence electrons. The van der Waals surface area contributed by atoms with Gasteiger partial charge in [-0.25, -0.2) is 4.68 Å². The third-order valence-corrected chi connectivity index (χ3v) is 3.32. The first-order valence-corrected chi connectivity index (χ1v) is 6.41. The van der Waals surface area contributed by atoms with Crippen molar-refractivity contribution in [2.45, 2.75) is 19.1 Å². The van der Waals surface area contributed by atoms with Crippen LogP contribution in [-0.2, 0) is 4.74 Å². The van der Waals surface area contributed by atoms with Gasteiger partial charge < -0.3 is 4.74 Å². The van der Waals surface area contributed by atoms with Gasteiger partial charge in [0, 0.05) is 16.6 Å². The van der Waals surface area contributed by atoms with Crippen LogP contribution >= 0.6 is 15.9 Å². The molecule has 17 heavy (non-hydrogen) atoms. The Kier molecular flexibility index (Phi) is 2.94. The van der Waals surface area contributed by atoms with E-state index in [9.17, 15) is 0 Å². The molecule has 1 saturated heterocycles. The van der Waals surface area contributed by atoms with E-state index >= 15 is 0 Å². The molecule has 4 nitrogen and oxygen atoms in total. The predicted molar refractivity (Wildman–Crippen MR) is 67.4 cm³/mol. The van der Waals surface area contributed by atoms with E-state index in [1.54, 1.807) is 0 Å². The van der Waals surface area contributed by atoms with Crippen molar-refractivity contribution in [3.63, 3.8) is 0 Å². The Morgan fingerprint density at radius 3 is 3.12 bits per heavy atom. The lowest BCUT2D eigenvalue weighted by Gasteiger charge is -2.07. The van der Waals surface area contributed by atoms with Crippen LogP contribution in [-0.4, -0.2) is 21.6 Å². The summed E-state index contributed by atoms with van der Waals surface area (Å²) >= 11 is 3.45. The van der Waals surface area contributed by atoms with Crippen LogP contribution in [0.4, 0.5) is 0 Å². The minimum absolute atomic E-state index is 0.0587. The van der Waals surface area contributed by atoms with Crippen molar-refractivity contribution < 1.29 is 4.74 Å². The molecule has 1 aromatic heterocycles. The van der Waals surface area contributed by atoms with Crippen molar-refractivity contribution in [1.29, 1.82) is 0 Å². The standard InChI is InChI=1S/C12H12BrN3O/c13-10-4-1-3-9(7-10)11-8-16(15-14-11)12-5-2-6-17-12/h1,3-4,7-8,12H,2,5-6H2/t12-/m1/s1. The molecule has 1 aliphatic heterocycles. The fraction of sp³-hybridized carbons (Fsp3) is 0.333. The summed E-state index contributed by atoms with van der Waals surface area (Å²) in [5.41, 5.74) is 1.94. The summed E-state index contributed by atoms with van der Waals surface area (Å²) < 4.78 is 8.42. The minimum atomic E-state index is 0.0587. The maximum absolute atomic E-state index is 5.56. The van der Waals surface area contributed by atoms with E-state index in [4.69, 9.17) is 4.74 Å². The van der Waals surface area contributed by atoms with Gasteiger partial charge in [0.2, 0.25) is 0 Å². The highest BCUT2D eigenvalue weighted by Crippen LogP contribution is 2.25. The molecular formula is C12H12BrN3O. The zero-order chi connectivity index (χ0) is 11.7. The summed E-state index contributed by atoms with van der Waals surface area (Å²) in [6.07, 6.45) is 4.11. The number of ether oxygens (including phenoxy) is 1. The molecule has 1 atom stereocenters. The molecule has 0 radical (unpaired) electrons. The number of hydrogen-bond donors (Lipinski definition) is 0. The second kappa shape index (κ2) is 4.58. The van der Waals surface area contributed by atoms with Gasteiger partial charge >= 0.3 is 0 Å². The Morgan fingerprint density at radius 1 is 1.41 bits per heavy atom. The van der Waals surface area contributed by atoms with Crippen LogP contribution in [0.2, 0.25) is 0 Å². The Morgan fingerprint density at radius 2 is 2.35 bits per heavy atom. The van der Waals surface area contributed by atoms with Crippen molar-refractivity contribution in [2.75, 3.05) is 6.61 Å². The van der Waals surface area contributed by atoms with E-state index in [-0.39, 0.29) is 6.23 Å². The zero-order valence-electron chi connectivity index (χ0n) is 9.21. The van der Waals surface area contributed by atoms with E-state index in [0.29, 0.717) is 0 Å². The molecule has 1 aliphatic rings. The summed E-state index contributed by atoms with van der Waals surface area (Å²) in [4.78, 5) is 0.